The molecule has 5 nitrogen and oxygen atoms in total. The molecule has 0 spiro atoms. The van der Waals surface area contributed by atoms with Crippen LogP contribution < -0.4 is 10.6 Å². The predicted octanol–water partition coefficient (Wildman–Crippen LogP) is 1.36. The molecule has 2 rings (SSSR count). The van der Waals surface area contributed by atoms with Gasteiger partial charge in [0, 0.05) is 12.6 Å². The van der Waals surface area contributed by atoms with Crippen molar-refractivity contribution in [1.29, 1.82) is 0 Å². The molecule has 1 fully saturated rings. The number of hydrogen-bond donors (Lipinski definition) is 2. The van der Waals surface area contributed by atoms with Crippen LogP contribution in [0.1, 0.15) is 48.0 Å². The molecule has 1 heterocycles. The number of carbonyl (C=O) groups is 1. The molecule has 0 bridgehead atoms. The molecule has 1 aliphatic carbocycles. The van der Waals surface area contributed by atoms with E-state index in [1.807, 2.05) is 0 Å². The monoisotopic (exact) mass is 268 g/mol. The van der Waals surface area contributed by atoms with Crippen molar-refractivity contribution in [2.45, 2.75) is 45.1 Å². The SMILES string of the molecule is CCCc1nnsc1C(=O)NCCCNC1CC1. The molecule has 1 amide bonds. The maximum atomic E-state index is 11.9. The van der Waals surface area contributed by atoms with Gasteiger partial charge in [-0.25, -0.2) is 0 Å². The fourth-order valence-electron chi connectivity index (χ4n) is 1.75. The first-order chi connectivity index (χ1) is 8.81. The standard InChI is InChI=1S/C12H20N4OS/c1-2-4-10-11(18-16-15-10)12(17)14-8-3-7-13-9-5-6-9/h9,13H,2-8H2,1H3,(H,14,17). The Bertz CT molecular complexity index is 389. The Labute approximate surface area is 112 Å². The zero-order valence-corrected chi connectivity index (χ0v) is 11.6. The lowest BCUT2D eigenvalue weighted by atomic mass is 10.2. The van der Waals surface area contributed by atoms with E-state index < -0.39 is 0 Å². The Hall–Kier alpha value is -1.01. The second-order valence-corrected chi connectivity index (χ2v) is 5.39. The third-order valence-electron chi connectivity index (χ3n) is 2.90. The quantitative estimate of drug-likeness (QED) is 0.699. The van der Waals surface area contributed by atoms with Gasteiger partial charge in [0.25, 0.3) is 5.91 Å². The molecule has 0 aliphatic heterocycles. The number of nitrogens with zero attached hydrogens (tertiary/aromatic N) is 2. The molecule has 0 atom stereocenters. The van der Waals surface area contributed by atoms with E-state index in [1.165, 1.54) is 24.4 Å². The van der Waals surface area contributed by atoms with Gasteiger partial charge in [-0.2, -0.15) is 0 Å². The van der Waals surface area contributed by atoms with Gasteiger partial charge in [0.15, 0.2) is 0 Å². The minimum atomic E-state index is -0.0279. The highest BCUT2D eigenvalue weighted by atomic mass is 32.1. The van der Waals surface area contributed by atoms with E-state index in [-0.39, 0.29) is 5.91 Å². The van der Waals surface area contributed by atoms with Crippen molar-refractivity contribution < 1.29 is 4.79 Å². The molecule has 6 heteroatoms. The number of aromatic nitrogens is 2. The zero-order valence-electron chi connectivity index (χ0n) is 10.7. The summed E-state index contributed by atoms with van der Waals surface area (Å²) in [6, 6.07) is 0.738. The molecule has 100 valence electrons. The maximum absolute atomic E-state index is 11.9. The zero-order chi connectivity index (χ0) is 12.8. The summed E-state index contributed by atoms with van der Waals surface area (Å²) in [5, 5.41) is 10.4. The van der Waals surface area contributed by atoms with Crippen molar-refractivity contribution in [2.75, 3.05) is 13.1 Å². The van der Waals surface area contributed by atoms with Crippen molar-refractivity contribution in [1.82, 2.24) is 20.2 Å². The summed E-state index contributed by atoms with van der Waals surface area (Å²) in [4.78, 5) is 12.6. The van der Waals surface area contributed by atoms with Crippen LogP contribution in [0, 0.1) is 0 Å². The number of nitrogens with one attached hydrogen (secondary N) is 2. The minimum absolute atomic E-state index is 0.0279. The summed E-state index contributed by atoms with van der Waals surface area (Å²) in [5.74, 6) is -0.0279. The first-order valence-corrected chi connectivity index (χ1v) is 7.41. The Morgan fingerprint density at radius 3 is 3.00 bits per heavy atom. The second-order valence-electron chi connectivity index (χ2n) is 4.64. The van der Waals surface area contributed by atoms with Crippen LogP contribution in [-0.2, 0) is 6.42 Å². The van der Waals surface area contributed by atoms with E-state index in [2.05, 4.69) is 27.1 Å². The average molecular weight is 268 g/mol. The first-order valence-electron chi connectivity index (χ1n) is 6.64. The summed E-state index contributed by atoms with van der Waals surface area (Å²) in [6.07, 6.45) is 5.38. The molecule has 0 aromatic carbocycles. The van der Waals surface area contributed by atoms with Gasteiger partial charge in [0.1, 0.15) is 4.88 Å². The Balaban J connectivity index is 1.67. The summed E-state index contributed by atoms with van der Waals surface area (Å²) in [6.45, 7) is 3.76. The molecule has 1 aromatic heterocycles. The Morgan fingerprint density at radius 1 is 1.44 bits per heavy atom. The number of hydrogen-bond acceptors (Lipinski definition) is 5. The van der Waals surface area contributed by atoms with E-state index in [9.17, 15) is 4.79 Å². The van der Waals surface area contributed by atoms with Crippen molar-refractivity contribution in [3.8, 4) is 0 Å². The van der Waals surface area contributed by atoms with Crippen molar-refractivity contribution >= 4 is 17.4 Å². The molecule has 1 aliphatic rings. The number of rotatable bonds is 8. The van der Waals surface area contributed by atoms with Gasteiger partial charge >= 0.3 is 0 Å². The lowest BCUT2D eigenvalue weighted by Crippen LogP contribution is -2.28. The molecule has 0 unspecified atom stereocenters. The molecular weight excluding hydrogens is 248 g/mol. The molecule has 18 heavy (non-hydrogen) atoms. The first kappa shape index (κ1) is 13.4. The largest absolute Gasteiger partial charge is 0.351 e. The highest BCUT2D eigenvalue weighted by molar-refractivity contribution is 7.08. The van der Waals surface area contributed by atoms with E-state index in [0.29, 0.717) is 11.4 Å². The highest BCUT2D eigenvalue weighted by Gasteiger charge is 2.19. The topological polar surface area (TPSA) is 66.9 Å². The molecule has 1 aromatic rings. The lowest BCUT2D eigenvalue weighted by Gasteiger charge is -2.05. The van der Waals surface area contributed by atoms with Crippen LogP contribution in [0.5, 0.6) is 0 Å². The van der Waals surface area contributed by atoms with Gasteiger partial charge in [-0.05, 0) is 43.8 Å². The molecule has 1 saturated carbocycles. The summed E-state index contributed by atoms with van der Waals surface area (Å²) in [7, 11) is 0. The van der Waals surface area contributed by atoms with Gasteiger partial charge in [0.2, 0.25) is 0 Å². The van der Waals surface area contributed by atoms with Crippen molar-refractivity contribution in [2.24, 2.45) is 0 Å². The number of amides is 1. The van der Waals surface area contributed by atoms with E-state index in [0.717, 1.165) is 37.5 Å². The maximum Gasteiger partial charge on any atom is 0.264 e. The van der Waals surface area contributed by atoms with E-state index in [1.54, 1.807) is 0 Å². The molecule has 2 N–H and O–H groups in total. The summed E-state index contributed by atoms with van der Waals surface area (Å²) in [5.41, 5.74) is 0.830. The van der Waals surface area contributed by atoms with Crippen LogP contribution in [0.25, 0.3) is 0 Å². The lowest BCUT2D eigenvalue weighted by molar-refractivity contribution is 0.0956. The molecular formula is C12H20N4OS. The highest BCUT2D eigenvalue weighted by Crippen LogP contribution is 2.18. The van der Waals surface area contributed by atoms with Gasteiger partial charge in [-0.3, -0.25) is 4.79 Å². The Kier molecular flexibility index (Phi) is 5.07. The van der Waals surface area contributed by atoms with Crippen molar-refractivity contribution in [3.05, 3.63) is 10.6 Å². The van der Waals surface area contributed by atoms with Gasteiger partial charge in [-0.15, -0.1) is 5.10 Å². The van der Waals surface area contributed by atoms with Crippen LogP contribution in [0.4, 0.5) is 0 Å². The van der Waals surface area contributed by atoms with Crippen molar-refractivity contribution in [3.63, 3.8) is 0 Å². The Morgan fingerprint density at radius 2 is 2.28 bits per heavy atom. The third kappa shape index (κ3) is 4.03. The normalized spacial score (nSPS) is 14.7. The fourth-order valence-corrected chi connectivity index (χ4v) is 2.37. The second kappa shape index (κ2) is 6.80. The summed E-state index contributed by atoms with van der Waals surface area (Å²) >= 11 is 1.19. The third-order valence-corrected chi connectivity index (χ3v) is 3.67. The van der Waals surface area contributed by atoms with Crippen LogP contribution in [0.2, 0.25) is 0 Å². The smallest absolute Gasteiger partial charge is 0.264 e. The minimum Gasteiger partial charge on any atom is -0.351 e. The van der Waals surface area contributed by atoms with Crippen LogP contribution >= 0.6 is 11.5 Å². The molecule has 0 saturated heterocycles. The number of carbonyl (C=O) groups excluding carboxylic acids is 1. The number of aryl methyl sites for hydroxylation is 1. The van der Waals surface area contributed by atoms with E-state index in [4.69, 9.17) is 0 Å². The molecule has 0 radical (unpaired) electrons. The predicted molar refractivity (Wildman–Crippen MR) is 71.9 cm³/mol. The fraction of sp³-hybridized carbons (Fsp3) is 0.750. The van der Waals surface area contributed by atoms with Gasteiger partial charge in [0.05, 0.1) is 5.69 Å². The average Bonchev–Trinajstić information content (AvgIpc) is 3.07. The van der Waals surface area contributed by atoms with Crippen LogP contribution in [-0.4, -0.2) is 34.6 Å². The van der Waals surface area contributed by atoms with Crippen LogP contribution in [0.3, 0.4) is 0 Å². The van der Waals surface area contributed by atoms with E-state index >= 15 is 0 Å². The van der Waals surface area contributed by atoms with Gasteiger partial charge < -0.3 is 10.6 Å². The van der Waals surface area contributed by atoms with Gasteiger partial charge in [-0.1, -0.05) is 17.8 Å². The van der Waals surface area contributed by atoms with Crippen LogP contribution in [0.15, 0.2) is 0 Å². The summed E-state index contributed by atoms with van der Waals surface area (Å²) < 4.78 is 3.86.